The highest BCUT2D eigenvalue weighted by atomic mass is 16.2. The van der Waals surface area contributed by atoms with E-state index in [4.69, 9.17) is 0 Å². The van der Waals surface area contributed by atoms with Crippen LogP contribution in [0.5, 0.6) is 0 Å². The minimum Gasteiger partial charge on any atom is -0.267 e. The molecular weight excluding hydrogens is 272 g/mol. The Balaban J connectivity index is 1.47. The molecule has 0 aliphatic heterocycles. The van der Waals surface area contributed by atoms with E-state index in [0.717, 1.165) is 22.6 Å². The first-order chi connectivity index (χ1) is 10.8. The number of carbonyl (C=O) groups is 1. The van der Waals surface area contributed by atoms with Crippen molar-refractivity contribution < 1.29 is 4.79 Å². The monoisotopic (exact) mass is 292 g/mol. The van der Waals surface area contributed by atoms with Crippen LogP contribution in [0.2, 0.25) is 0 Å². The summed E-state index contributed by atoms with van der Waals surface area (Å²) < 4.78 is 0. The third kappa shape index (κ3) is 2.41. The summed E-state index contributed by atoms with van der Waals surface area (Å²) in [5, 5.41) is 6.28. The molecule has 1 amide bonds. The quantitative estimate of drug-likeness (QED) is 0.674. The molecule has 2 fully saturated rings. The smallest absolute Gasteiger partial charge is 0.267 e. The Morgan fingerprint density at radius 3 is 2.77 bits per heavy atom. The Morgan fingerprint density at radius 2 is 1.95 bits per heavy atom. The maximum atomic E-state index is 12.4. The van der Waals surface area contributed by atoms with Gasteiger partial charge in [0.2, 0.25) is 0 Å². The molecule has 4 rings (SSSR count). The Hall–Kier alpha value is -2.16. The lowest BCUT2D eigenvalue weighted by Gasteiger charge is -2.16. The average molecular weight is 292 g/mol. The minimum atomic E-state index is -0.129. The zero-order valence-electron chi connectivity index (χ0n) is 12.5. The lowest BCUT2D eigenvalue weighted by molar-refractivity contribution is 0.0956. The van der Waals surface area contributed by atoms with Crippen LogP contribution in [0, 0.1) is 17.8 Å². The highest BCUT2D eigenvalue weighted by Gasteiger charge is 2.38. The van der Waals surface area contributed by atoms with E-state index in [1.165, 1.54) is 25.7 Å². The van der Waals surface area contributed by atoms with E-state index in [-0.39, 0.29) is 5.91 Å². The highest BCUT2D eigenvalue weighted by Crippen LogP contribution is 2.47. The molecule has 0 saturated heterocycles. The zero-order valence-corrected chi connectivity index (χ0v) is 12.5. The minimum absolute atomic E-state index is 0.129. The molecule has 22 heavy (non-hydrogen) atoms. The van der Waals surface area contributed by atoms with Crippen molar-refractivity contribution in [2.75, 3.05) is 0 Å². The zero-order chi connectivity index (χ0) is 14.9. The average Bonchev–Trinajstić information content (AvgIpc) is 3.17. The molecule has 2 aromatic carbocycles. The van der Waals surface area contributed by atoms with Crippen molar-refractivity contribution in [1.29, 1.82) is 0 Å². The summed E-state index contributed by atoms with van der Waals surface area (Å²) in [5.74, 6) is 2.13. The van der Waals surface area contributed by atoms with Crippen LogP contribution in [0.3, 0.4) is 0 Å². The van der Waals surface area contributed by atoms with Gasteiger partial charge in [-0.1, -0.05) is 42.8 Å². The maximum Gasteiger partial charge on any atom is 0.271 e. The van der Waals surface area contributed by atoms with Crippen molar-refractivity contribution in [3.05, 3.63) is 48.0 Å². The number of nitrogens with zero attached hydrogens (tertiary/aromatic N) is 1. The van der Waals surface area contributed by atoms with E-state index < -0.39 is 0 Å². The maximum absolute atomic E-state index is 12.4. The van der Waals surface area contributed by atoms with Gasteiger partial charge in [-0.3, -0.25) is 4.79 Å². The van der Waals surface area contributed by atoms with Crippen LogP contribution in [0.25, 0.3) is 10.8 Å². The highest BCUT2D eigenvalue weighted by molar-refractivity contribution is 6.07. The molecular formula is C19H20N2O. The lowest BCUT2D eigenvalue weighted by Crippen LogP contribution is -2.20. The third-order valence-electron chi connectivity index (χ3n) is 5.26. The van der Waals surface area contributed by atoms with Gasteiger partial charge in [0.05, 0.1) is 0 Å². The van der Waals surface area contributed by atoms with Gasteiger partial charge in [-0.15, -0.1) is 0 Å². The molecule has 2 saturated carbocycles. The lowest BCUT2D eigenvalue weighted by atomic mass is 9.90. The van der Waals surface area contributed by atoms with Gasteiger partial charge in [0.1, 0.15) is 0 Å². The molecule has 3 heteroatoms. The summed E-state index contributed by atoms with van der Waals surface area (Å²) in [6.45, 7) is 0. The van der Waals surface area contributed by atoms with Gasteiger partial charge in [0.15, 0.2) is 0 Å². The van der Waals surface area contributed by atoms with E-state index in [1.54, 1.807) is 0 Å². The Labute approximate surface area is 130 Å². The first-order valence-electron chi connectivity index (χ1n) is 8.12. The second-order valence-electron chi connectivity index (χ2n) is 6.58. The van der Waals surface area contributed by atoms with Crippen LogP contribution in [0.4, 0.5) is 0 Å². The molecule has 0 heterocycles. The Kier molecular flexibility index (Phi) is 3.41. The number of carbonyl (C=O) groups excluding carboxylic acids is 1. The van der Waals surface area contributed by atoms with E-state index in [2.05, 4.69) is 10.5 Å². The number of amides is 1. The summed E-state index contributed by atoms with van der Waals surface area (Å²) in [6.07, 6.45) is 7.29. The van der Waals surface area contributed by atoms with Gasteiger partial charge in [-0.25, -0.2) is 5.43 Å². The standard InChI is InChI=1S/C19H20N2O/c22-19(18-7-3-5-14-4-1-2-6-17(14)18)21-20-12-16-11-13-8-9-15(16)10-13/h1-7,12-13,15-16H,8-11H2,(H,21,22)/b20-12-/t13-,15+,16-/m1/s1. The molecule has 2 aromatic rings. The first kappa shape index (κ1) is 13.5. The van der Waals surface area contributed by atoms with Crippen LogP contribution in [0.1, 0.15) is 36.0 Å². The predicted octanol–water partition coefficient (Wildman–Crippen LogP) is 3.99. The van der Waals surface area contributed by atoms with Crippen LogP contribution in [-0.2, 0) is 0 Å². The summed E-state index contributed by atoms with van der Waals surface area (Å²) in [6, 6.07) is 13.7. The number of hydrogen-bond acceptors (Lipinski definition) is 2. The second kappa shape index (κ2) is 5.56. The summed E-state index contributed by atoms with van der Waals surface area (Å²) in [5.41, 5.74) is 3.39. The van der Waals surface area contributed by atoms with Gasteiger partial charge in [-0.05, 0) is 53.9 Å². The van der Waals surface area contributed by atoms with Gasteiger partial charge < -0.3 is 0 Å². The van der Waals surface area contributed by atoms with Crippen molar-refractivity contribution in [2.45, 2.75) is 25.7 Å². The largest absolute Gasteiger partial charge is 0.271 e. The third-order valence-corrected chi connectivity index (χ3v) is 5.26. The van der Waals surface area contributed by atoms with E-state index in [0.29, 0.717) is 11.5 Å². The van der Waals surface area contributed by atoms with Crippen molar-refractivity contribution in [2.24, 2.45) is 22.9 Å². The molecule has 0 unspecified atom stereocenters. The summed E-state index contributed by atoms with van der Waals surface area (Å²) >= 11 is 0. The normalized spacial score (nSPS) is 26.8. The van der Waals surface area contributed by atoms with Crippen molar-refractivity contribution in [3.8, 4) is 0 Å². The van der Waals surface area contributed by atoms with Crippen molar-refractivity contribution >= 4 is 22.9 Å². The molecule has 112 valence electrons. The van der Waals surface area contributed by atoms with E-state index in [9.17, 15) is 4.79 Å². The second-order valence-corrected chi connectivity index (χ2v) is 6.58. The number of nitrogens with one attached hydrogen (secondary N) is 1. The van der Waals surface area contributed by atoms with Gasteiger partial charge >= 0.3 is 0 Å². The van der Waals surface area contributed by atoms with Gasteiger partial charge in [0, 0.05) is 11.8 Å². The Bertz CT molecular complexity index is 732. The van der Waals surface area contributed by atoms with Gasteiger partial charge in [0.25, 0.3) is 5.91 Å². The SMILES string of the molecule is O=C(N/N=C\[C@H]1C[C@@H]2CC[C@H]1C2)c1cccc2ccccc12. The molecule has 3 nitrogen and oxygen atoms in total. The van der Waals surface area contributed by atoms with Crippen molar-refractivity contribution in [1.82, 2.24) is 5.43 Å². The van der Waals surface area contributed by atoms with Crippen molar-refractivity contribution in [3.63, 3.8) is 0 Å². The number of hydrazone groups is 1. The van der Waals surface area contributed by atoms with Crippen LogP contribution >= 0.6 is 0 Å². The Morgan fingerprint density at radius 1 is 1.09 bits per heavy atom. The van der Waals surface area contributed by atoms with Crippen LogP contribution in [0.15, 0.2) is 47.6 Å². The van der Waals surface area contributed by atoms with Crippen LogP contribution in [-0.4, -0.2) is 12.1 Å². The number of hydrogen-bond donors (Lipinski definition) is 1. The predicted molar refractivity (Wildman–Crippen MR) is 88.8 cm³/mol. The first-order valence-corrected chi connectivity index (χ1v) is 8.12. The molecule has 1 N–H and O–H groups in total. The fraction of sp³-hybridized carbons (Fsp3) is 0.368. The van der Waals surface area contributed by atoms with E-state index in [1.807, 2.05) is 48.7 Å². The molecule has 2 aliphatic carbocycles. The summed E-state index contributed by atoms with van der Waals surface area (Å²) in [7, 11) is 0. The van der Waals surface area contributed by atoms with Crippen LogP contribution < -0.4 is 5.43 Å². The molecule has 3 atom stereocenters. The number of benzene rings is 2. The molecule has 2 bridgehead atoms. The van der Waals surface area contributed by atoms with E-state index >= 15 is 0 Å². The fourth-order valence-corrected chi connectivity index (χ4v) is 4.15. The molecule has 0 aromatic heterocycles. The molecule has 2 aliphatic rings. The number of rotatable bonds is 3. The summed E-state index contributed by atoms with van der Waals surface area (Å²) in [4.78, 5) is 12.4. The fourth-order valence-electron chi connectivity index (χ4n) is 4.15. The molecule has 0 radical (unpaired) electrons. The number of fused-ring (bicyclic) bond motifs is 3. The molecule has 0 spiro atoms. The van der Waals surface area contributed by atoms with Gasteiger partial charge in [-0.2, -0.15) is 5.10 Å². The topological polar surface area (TPSA) is 41.5 Å².